The SMILES string of the molecule is CNC(CCc1ccccc1C)c1ccc(C)c(C)c1. The van der Waals surface area contributed by atoms with Crippen molar-refractivity contribution in [3.63, 3.8) is 0 Å². The van der Waals surface area contributed by atoms with E-state index in [1.165, 1.54) is 27.8 Å². The van der Waals surface area contributed by atoms with Crippen LogP contribution in [0.25, 0.3) is 0 Å². The lowest BCUT2D eigenvalue weighted by Crippen LogP contribution is -2.17. The van der Waals surface area contributed by atoms with Gasteiger partial charge in [0, 0.05) is 6.04 Å². The molecule has 0 radical (unpaired) electrons. The maximum absolute atomic E-state index is 3.45. The Labute approximate surface area is 123 Å². The molecular formula is C19H25N. The summed E-state index contributed by atoms with van der Waals surface area (Å²) >= 11 is 0. The normalized spacial score (nSPS) is 12.4. The van der Waals surface area contributed by atoms with Gasteiger partial charge in [0.25, 0.3) is 0 Å². The molecule has 0 aromatic heterocycles. The second-order valence-electron chi connectivity index (χ2n) is 5.65. The summed E-state index contributed by atoms with van der Waals surface area (Å²) in [4.78, 5) is 0. The van der Waals surface area contributed by atoms with Crippen LogP contribution in [-0.4, -0.2) is 7.05 Å². The largest absolute Gasteiger partial charge is 0.313 e. The molecule has 0 aliphatic rings. The van der Waals surface area contributed by atoms with E-state index in [0.717, 1.165) is 12.8 Å². The molecule has 0 aliphatic carbocycles. The predicted octanol–water partition coefficient (Wildman–Crippen LogP) is 4.51. The van der Waals surface area contributed by atoms with Gasteiger partial charge in [-0.15, -0.1) is 0 Å². The van der Waals surface area contributed by atoms with Gasteiger partial charge in [-0.05, 0) is 68.5 Å². The van der Waals surface area contributed by atoms with Crippen molar-refractivity contribution < 1.29 is 0 Å². The van der Waals surface area contributed by atoms with Crippen molar-refractivity contribution in [1.29, 1.82) is 0 Å². The maximum atomic E-state index is 3.45. The van der Waals surface area contributed by atoms with Crippen LogP contribution in [0.5, 0.6) is 0 Å². The molecule has 0 fully saturated rings. The van der Waals surface area contributed by atoms with Crippen LogP contribution < -0.4 is 5.32 Å². The lowest BCUT2D eigenvalue weighted by molar-refractivity contribution is 0.548. The van der Waals surface area contributed by atoms with E-state index in [2.05, 4.69) is 75.6 Å². The molecule has 106 valence electrons. The minimum absolute atomic E-state index is 0.425. The van der Waals surface area contributed by atoms with Crippen LogP contribution >= 0.6 is 0 Å². The highest BCUT2D eigenvalue weighted by Gasteiger charge is 2.10. The van der Waals surface area contributed by atoms with Crippen LogP contribution in [0, 0.1) is 20.8 Å². The Balaban J connectivity index is 2.09. The Bertz CT molecular complexity index is 572. The molecule has 0 amide bonds. The number of hydrogen-bond acceptors (Lipinski definition) is 1. The predicted molar refractivity (Wildman–Crippen MR) is 87.2 cm³/mol. The standard InChI is InChI=1S/C19H25N/c1-14-9-10-18(13-16(14)3)19(20-4)12-11-17-8-6-5-7-15(17)2/h5-10,13,19-20H,11-12H2,1-4H3. The highest BCUT2D eigenvalue weighted by molar-refractivity contribution is 5.32. The molecule has 0 saturated carbocycles. The van der Waals surface area contributed by atoms with E-state index in [9.17, 15) is 0 Å². The summed E-state index contributed by atoms with van der Waals surface area (Å²) in [5.74, 6) is 0. The van der Waals surface area contributed by atoms with Gasteiger partial charge >= 0.3 is 0 Å². The molecule has 0 saturated heterocycles. The van der Waals surface area contributed by atoms with E-state index in [-0.39, 0.29) is 0 Å². The zero-order valence-corrected chi connectivity index (χ0v) is 13.0. The molecule has 2 rings (SSSR count). The number of hydrogen-bond donors (Lipinski definition) is 1. The molecule has 0 bridgehead atoms. The van der Waals surface area contributed by atoms with Crippen LogP contribution in [-0.2, 0) is 6.42 Å². The van der Waals surface area contributed by atoms with Crippen molar-refractivity contribution in [3.8, 4) is 0 Å². The van der Waals surface area contributed by atoms with E-state index in [0.29, 0.717) is 6.04 Å². The minimum atomic E-state index is 0.425. The van der Waals surface area contributed by atoms with Gasteiger partial charge in [-0.1, -0.05) is 42.5 Å². The zero-order chi connectivity index (χ0) is 14.5. The van der Waals surface area contributed by atoms with E-state index in [1.807, 2.05) is 0 Å². The Hall–Kier alpha value is -1.60. The maximum Gasteiger partial charge on any atom is 0.0320 e. The van der Waals surface area contributed by atoms with Crippen LogP contribution in [0.3, 0.4) is 0 Å². The van der Waals surface area contributed by atoms with Crippen LogP contribution in [0.1, 0.15) is 40.3 Å². The molecule has 2 aromatic rings. The number of aryl methyl sites for hydroxylation is 4. The van der Waals surface area contributed by atoms with Crippen molar-refractivity contribution in [2.45, 2.75) is 39.7 Å². The van der Waals surface area contributed by atoms with Gasteiger partial charge in [-0.2, -0.15) is 0 Å². The van der Waals surface area contributed by atoms with Crippen molar-refractivity contribution in [3.05, 3.63) is 70.3 Å². The van der Waals surface area contributed by atoms with E-state index in [4.69, 9.17) is 0 Å². The molecule has 20 heavy (non-hydrogen) atoms. The third-order valence-corrected chi connectivity index (χ3v) is 4.25. The molecule has 1 atom stereocenters. The quantitative estimate of drug-likeness (QED) is 0.840. The summed E-state index contributed by atoms with van der Waals surface area (Å²) in [5.41, 5.74) is 6.98. The summed E-state index contributed by atoms with van der Waals surface area (Å²) < 4.78 is 0. The molecular weight excluding hydrogens is 242 g/mol. The van der Waals surface area contributed by atoms with Gasteiger partial charge in [0.05, 0.1) is 0 Å². The average Bonchev–Trinajstić information content (AvgIpc) is 2.45. The van der Waals surface area contributed by atoms with Gasteiger partial charge < -0.3 is 5.32 Å². The number of benzene rings is 2. The first-order valence-electron chi connectivity index (χ1n) is 7.40. The van der Waals surface area contributed by atoms with Gasteiger partial charge in [-0.25, -0.2) is 0 Å². The minimum Gasteiger partial charge on any atom is -0.313 e. The summed E-state index contributed by atoms with van der Waals surface area (Å²) in [6.07, 6.45) is 2.24. The zero-order valence-electron chi connectivity index (χ0n) is 13.0. The van der Waals surface area contributed by atoms with Crippen LogP contribution in [0.2, 0.25) is 0 Å². The van der Waals surface area contributed by atoms with Gasteiger partial charge in [0.15, 0.2) is 0 Å². The topological polar surface area (TPSA) is 12.0 Å². The third-order valence-electron chi connectivity index (χ3n) is 4.25. The molecule has 0 spiro atoms. The monoisotopic (exact) mass is 267 g/mol. The molecule has 1 heteroatoms. The summed E-state index contributed by atoms with van der Waals surface area (Å²) in [5, 5.41) is 3.45. The van der Waals surface area contributed by atoms with Gasteiger partial charge in [-0.3, -0.25) is 0 Å². The Morgan fingerprint density at radius 3 is 2.30 bits per heavy atom. The van der Waals surface area contributed by atoms with Gasteiger partial charge in [0.2, 0.25) is 0 Å². The summed E-state index contributed by atoms with van der Waals surface area (Å²) in [6, 6.07) is 15.9. The lowest BCUT2D eigenvalue weighted by atomic mass is 9.95. The molecule has 1 unspecified atom stereocenters. The first-order chi connectivity index (χ1) is 9.61. The third kappa shape index (κ3) is 3.49. The van der Waals surface area contributed by atoms with Crippen LogP contribution in [0.4, 0.5) is 0 Å². The Morgan fingerprint density at radius 2 is 1.65 bits per heavy atom. The molecule has 0 heterocycles. The Morgan fingerprint density at radius 1 is 0.900 bits per heavy atom. The van der Waals surface area contributed by atoms with E-state index in [1.54, 1.807) is 0 Å². The van der Waals surface area contributed by atoms with E-state index < -0.39 is 0 Å². The highest BCUT2D eigenvalue weighted by Crippen LogP contribution is 2.22. The van der Waals surface area contributed by atoms with E-state index >= 15 is 0 Å². The first kappa shape index (κ1) is 14.8. The average molecular weight is 267 g/mol. The molecule has 0 aliphatic heterocycles. The number of nitrogens with one attached hydrogen (secondary N) is 1. The fourth-order valence-corrected chi connectivity index (χ4v) is 2.65. The first-order valence-corrected chi connectivity index (χ1v) is 7.40. The number of rotatable bonds is 5. The van der Waals surface area contributed by atoms with Crippen molar-refractivity contribution >= 4 is 0 Å². The highest BCUT2D eigenvalue weighted by atomic mass is 14.9. The summed E-state index contributed by atoms with van der Waals surface area (Å²) in [7, 11) is 2.05. The van der Waals surface area contributed by atoms with Crippen molar-refractivity contribution in [2.75, 3.05) is 7.05 Å². The fourth-order valence-electron chi connectivity index (χ4n) is 2.65. The van der Waals surface area contributed by atoms with Crippen LogP contribution in [0.15, 0.2) is 42.5 Å². The Kier molecular flexibility index (Phi) is 4.97. The van der Waals surface area contributed by atoms with Crippen molar-refractivity contribution in [1.82, 2.24) is 5.32 Å². The van der Waals surface area contributed by atoms with Gasteiger partial charge in [0.1, 0.15) is 0 Å². The molecule has 1 N–H and O–H groups in total. The summed E-state index contributed by atoms with van der Waals surface area (Å²) in [6.45, 7) is 6.55. The molecule has 2 aromatic carbocycles. The second-order valence-corrected chi connectivity index (χ2v) is 5.65. The smallest absolute Gasteiger partial charge is 0.0320 e. The second kappa shape index (κ2) is 6.71. The fraction of sp³-hybridized carbons (Fsp3) is 0.368. The molecule has 1 nitrogen and oxygen atoms in total. The lowest BCUT2D eigenvalue weighted by Gasteiger charge is -2.18. The van der Waals surface area contributed by atoms with Crippen molar-refractivity contribution in [2.24, 2.45) is 0 Å².